The van der Waals surface area contributed by atoms with Crippen LogP contribution in [0.4, 0.5) is 0 Å². The van der Waals surface area contributed by atoms with E-state index in [1.54, 1.807) is 18.2 Å². The fraction of sp³-hybridized carbons (Fsp3) is 0.312. The Morgan fingerprint density at radius 1 is 1.31 bits per heavy atom. The molecule has 1 aliphatic heterocycles. The monoisotopic (exact) mass is 376 g/mol. The molecule has 0 amide bonds. The molecule has 1 aromatic heterocycles. The van der Waals surface area contributed by atoms with Crippen LogP contribution in [0.2, 0.25) is 0 Å². The summed E-state index contributed by atoms with van der Waals surface area (Å²) < 4.78 is 30.0. The number of hydrogen-bond acceptors (Lipinski definition) is 7. The Labute approximate surface area is 149 Å². The summed E-state index contributed by atoms with van der Waals surface area (Å²) in [5, 5.41) is 23.2. The number of sulfone groups is 1. The SMILES string of the molecule is O=C(O)c1nn[nH]c1Oc1cccc(C#CS(=O)(=O)C2CCNCC2)c1. The number of H-pyrrole nitrogens is 1. The number of aromatic carboxylic acids is 1. The molecule has 10 heteroatoms. The first-order valence-corrected chi connectivity index (χ1v) is 9.40. The fourth-order valence-corrected chi connectivity index (χ4v) is 3.79. The van der Waals surface area contributed by atoms with E-state index in [9.17, 15) is 13.2 Å². The van der Waals surface area contributed by atoms with Crippen LogP contribution >= 0.6 is 0 Å². The Morgan fingerprint density at radius 3 is 2.81 bits per heavy atom. The van der Waals surface area contributed by atoms with Crippen molar-refractivity contribution >= 4 is 15.8 Å². The van der Waals surface area contributed by atoms with Crippen molar-refractivity contribution in [1.29, 1.82) is 0 Å². The quantitative estimate of drug-likeness (QED) is 0.666. The zero-order valence-electron chi connectivity index (χ0n) is 13.6. The number of carboxylic acid groups (broad SMARTS) is 1. The van der Waals surface area contributed by atoms with E-state index in [4.69, 9.17) is 9.84 Å². The first-order chi connectivity index (χ1) is 12.5. The van der Waals surface area contributed by atoms with E-state index in [0.717, 1.165) is 0 Å². The number of piperidine rings is 1. The Balaban J connectivity index is 1.78. The number of nitrogens with one attached hydrogen (secondary N) is 2. The summed E-state index contributed by atoms with van der Waals surface area (Å²) in [5.41, 5.74) is 0.0827. The second-order valence-corrected chi connectivity index (χ2v) is 7.61. The van der Waals surface area contributed by atoms with Crippen molar-refractivity contribution < 1.29 is 23.1 Å². The Hall–Kier alpha value is -2.90. The van der Waals surface area contributed by atoms with Crippen molar-refractivity contribution in [3.05, 3.63) is 35.5 Å². The third-order valence-corrected chi connectivity index (χ3v) is 5.57. The van der Waals surface area contributed by atoms with Crippen LogP contribution in [0.1, 0.15) is 28.9 Å². The molecule has 0 saturated carbocycles. The minimum Gasteiger partial charge on any atom is -0.476 e. The van der Waals surface area contributed by atoms with Crippen molar-refractivity contribution in [2.45, 2.75) is 18.1 Å². The Morgan fingerprint density at radius 2 is 2.08 bits per heavy atom. The number of carbonyl (C=O) groups is 1. The molecule has 1 fully saturated rings. The van der Waals surface area contributed by atoms with E-state index in [0.29, 0.717) is 31.5 Å². The van der Waals surface area contributed by atoms with Crippen LogP contribution in [-0.4, -0.2) is 53.2 Å². The second kappa shape index (κ2) is 7.55. The van der Waals surface area contributed by atoms with Gasteiger partial charge < -0.3 is 15.2 Å². The standard InChI is InChI=1S/C16H16N4O5S/c21-16(22)14-15(19-20-18-14)25-12-3-1-2-11(10-12)6-9-26(23,24)13-4-7-17-8-5-13/h1-3,10,13,17H,4-5,7-8H2,(H,21,22)(H,18,19,20). The van der Waals surface area contributed by atoms with Gasteiger partial charge in [0, 0.05) is 10.8 Å². The van der Waals surface area contributed by atoms with E-state index in [1.807, 2.05) is 0 Å². The van der Waals surface area contributed by atoms with Crippen LogP contribution in [0, 0.1) is 11.2 Å². The highest BCUT2D eigenvalue weighted by atomic mass is 32.2. The summed E-state index contributed by atoms with van der Waals surface area (Å²) in [4.78, 5) is 11.0. The summed E-state index contributed by atoms with van der Waals surface area (Å²) in [5.74, 6) is 1.53. The number of carboxylic acids is 1. The largest absolute Gasteiger partial charge is 0.476 e. The van der Waals surface area contributed by atoms with Gasteiger partial charge in [-0.15, -0.1) is 5.10 Å². The number of ether oxygens (including phenoxy) is 1. The lowest BCUT2D eigenvalue weighted by atomic mass is 10.2. The smallest absolute Gasteiger partial charge is 0.362 e. The average Bonchev–Trinajstić information content (AvgIpc) is 3.10. The van der Waals surface area contributed by atoms with Gasteiger partial charge in [0.25, 0.3) is 5.88 Å². The van der Waals surface area contributed by atoms with Crippen molar-refractivity contribution in [2.24, 2.45) is 0 Å². The molecule has 1 aromatic carbocycles. The summed E-state index contributed by atoms with van der Waals surface area (Å²) >= 11 is 0. The molecule has 1 aliphatic rings. The van der Waals surface area contributed by atoms with Gasteiger partial charge >= 0.3 is 5.97 Å². The fourth-order valence-electron chi connectivity index (χ4n) is 2.50. The molecule has 0 radical (unpaired) electrons. The molecule has 2 heterocycles. The van der Waals surface area contributed by atoms with Crippen LogP contribution in [0.25, 0.3) is 0 Å². The number of aromatic amines is 1. The second-order valence-electron chi connectivity index (χ2n) is 5.65. The maximum atomic E-state index is 12.3. The van der Waals surface area contributed by atoms with Gasteiger partial charge in [-0.1, -0.05) is 11.3 Å². The average molecular weight is 376 g/mol. The molecule has 2 aromatic rings. The molecule has 3 rings (SSSR count). The normalized spacial score (nSPS) is 15.1. The van der Waals surface area contributed by atoms with E-state index in [-0.39, 0.29) is 17.3 Å². The van der Waals surface area contributed by atoms with Crippen molar-refractivity contribution in [2.75, 3.05) is 13.1 Å². The van der Waals surface area contributed by atoms with Gasteiger partial charge in [0.05, 0.1) is 5.25 Å². The molecule has 0 spiro atoms. The summed E-state index contributed by atoms with van der Waals surface area (Å²) in [6, 6.07) is 6.36. The number of aromatic nitrogens is 3. The number of hydrogen-bond donors (Lipinski definition) is 3. The maximum absolute atomic E-state index is 12.3. The van der Waals surface area contributed by atoms with Gasteiger partial charge in [-0.25, -0.2) is 18.3 Å². The highest BCUT2D eigenvalue weighted by molar-refractivity contribution is 7.96. The summed E-state index contributed by atoms with van der Waals surface area (Å²) in [6.45, 7) is 1.33. The van der Waals surface area contributed by atoms with E-state index in [2.05, 4.69) is 31.9 Å². The lowest BCUT2D eigenvalue weighted by molar-refractivity contribution is 0.0687. The van der Waals surface area contributed by atoms with Crippen LogP contribution in [-0.2, 0) is 9.84 Å². The zero-order valence-corrected chi connectivity index (χ0v) is 14.4. The van der Waals surface area contributed by atoms with Crippen molar-refractivity contribution in [3.8, 4) is 22.8 Å². The van der Waals surface area contributed by atoms with E-state index < -0.39 is 21.1 Å². The highest BCUT2D eigenvalue weighted by Gasteiger charge is 2.25. The minimum atomic E-state index is -3.51. The topological polar surface area (TPSA) is 134 Å². The molecule has 0 unspecified atom stereocenters. The summed E-state index contributed by atoms with van der Waals surface area (Å²) in [6.07, 6.45) is 1.09. The van der Waals surface area contributed by atoms with Crippen LogP contribution in [0.15, 0.2) is 24.3 Å². The third-order valence-electron chi connectivity index (χ3n) is 3.84. The molecule has 0 atom stereocenters. The molecule has 3 N–H and O–H groups in total. The van der Waals surface area contributed by atoms with Gasteiger partial charge in [-0.3, -0.25) is 0 Å². The molecular formula is C16H16N4O5S. The molecule has 1 saturated heterocycles. The van der Waals surface area contributed by atoms with E-state index in [1.165, 1.54) is 6.07 Å². The van der Waals surface area contributed by atoms with Gasteiger partial charge in [0.2, 0.25) is 15.5 Å². The highest BCUT2D eigenvalue weighted by Crippen LogP contribution is 2.22. The Bertz CT molecular complexity index is 968. The van der Waals surface area contributed by atoms with Crippen molar-refractivity contribution in [1.82, 2.24) is 20.7 Å². The van der Waals surface area contributed by atoms with Crippen LogP contribution in [0.3, 0.4) is 0 Å². The third kappa shape index (κ3) is 4.19. The van der Waals surface area contributed by atoms with Gasteiger partial charge in [-0.2, -0.15) is 0 Å². The van der Waals surface area contributed by atoms with Crippen LogP contribution < -0.4 is 10.1 Å². The first-order valence-electron chi connectivity index (χ1n) is 7.85. The molecule has 136 valence electrons. The lowest BCUT2D eigenvalue weighted by Crippen LogP contribution is -2.35. The van der Waals surface area contributed by atoms with Gasteiger partial charge in [0.15, 0.2) is 0 Å². The molecule has 0 bridgehead atoms. The number of nitrogens with zero attached hydrogens (tertiary/aromatic N) is 2. The maximum Gasteiger partial charge on any atom is 0.362 e. The van der Waals surface area contributed by atoms with E-state index >= 15 is 0 Å². The van der Waals surface area contributed by atoms with Gasteiger partial charge in [-0.05, 0) is 50.1 Å². The Kier molecular flexibility index (Phi) is 5.20. The number of rotatable bonds is 4. The molecular weight excluding hydrogens is 360 g/mol. The predicted octanol–water partition coefficient (Wildman–Crippen LogP) is 0.771. The van der Waals surface area contributed by atoms with Gasteiger partial charge in [0.1, 0.15) is 5.75 Å². The molecule has 9 nitrogen and oxygen atoms in total. The first kappa shape index (κ1) is 17.9. The molecule has 0 aliphatic carbocycles. The lowest BCUT2D eigenvalue weighted by Gasteiger charge is -2.19. The predicted molar refractivity (Wildman–Crippen MR) is 91.5 cm³/mol. The van der Waals surface area contributed by atoms with Crippen LogP contribution in [0.5, 0.6) is 11.6 Å². The number of benzene rings is 1. The van der Waals surface area contributed by atoms with Crippen molar-refractivity contribution in [3.63, 3.8) is 0 Å². The summed E-state index contributed by atoms with van der Waals surface area (Å²) in [7, 11) is -3.51. The zero-order chi connectivity index (χ0) is 18.6. The minimum absolute atomic E-state index is 0.120. The molecule has 26 heavy (non-hydrogen) atoms.